The van der Waals surface area contributed by atoms with Gasteiger partial charge in [-0.2, -0.15) is 0 Å². The normalized spacial score (nSPS) is 9.76. The first-order chi connectivity index (χ1) is 14.1. The molecule has 2 aromatic carbocycles. The maximum atomic E-state index is 5.24. The third-order valence-corrected chi connectivity index (χ3v) is 4.58. The van der Waals surface area contributed by atoms with Crippen molar-refractivity contribution >= 4 is 54.2 Å². The van der Waals surface area contributed by atoms with Crippen molar-refractivity contribution in [1.29, 1.82) is 0 Å². The van der Waals surface area contributed by atoms with Crippen LogP contribution in [0.3, 0.4) is 0 Å². The molecule has 0 spiro atoms. The summed E-state index contributed by atoms with van der Waals surface area (Å²) in [5.74, 6) is 0. The number of benzene rings is 2. The molecule has 6 nitrogen and oxygen atoms in total. The number of nitrogens with two attached hydrogens (primary N) is 2. The van der Waals surface area contributed by atoms with Crippen molar-refractivity contribution in [1.82, 2.24) is 15.2 Å². The number of nitrogens with zero attached hydrogens (tertiary/aromatic N) is 2. The summed E-state index contributed by atoms with van der Waals surface area (Å²) in [4.78, 5) is 6.76. The van der Waals surface area contributed by atoms with Gasteiger partial charge in [-0.25, -0.2) is 4.98 Å². The second-order valence-electron chi connectivity index (χ2n) is 6.00. The molecule has 160 valence electrons. The molecule has 0 aliphatic carbocycles. The molecule has 0 atom stereocenters. The monoisotopic (exact) mass is 614 g/mol. The minimum absolute atomic E-state index is 0.597. The molecule has 29 heavy (non-hydrogen) atoms. The topological polar surface area (TPSA) is 92.2 Å². The molecule has 9 heteroatoms. The van der Waals surface area contributed by atoms with E-state index >= 15 is 0 Å². The Kier molecular flexibility index (Phi) is 12.7. The molecule has 0 fully saturated rings. The van der Waals surface area contributed by atoms with Crippen LogP contribution in [0.25, 0.3) is 21.8 Å². The van der Waals surface area contributed by atoms with Gasteiger partial charge in [0.25, 0.3) is 0 Å². The number of hydrogen-bond donors (Lipinski definition) is 4. The summed E-state index contributed by atoms with van der Waals surface area (Å²) in [7, 11) is 8.44. The molecule has 0 bridgehead atoms. The van der Waals surface area contributed by atoms with E-state index in [1.807, 2.05) is 43.3 Å². The van der Waals surface area contributed by atoms with Crippen molar-refractivity contribution < 1.29 is 18.8 Å². The Morgan fingerprint density at radius 3 is 1.97 bits per heavy atom. The fraction of sp³-hybridized carbons (Fsp3) is 0.300. The van der Waals surface area contributed by atoms with Crippen LogP contribution >= 0.6 is 21.6 Å². The third kappa shape index (κ3) is 7.68. The van der Waals surface area contributed by atoms with Crippen molar-refractivity contribution in [2.24, 2.45) is 11.5 Å². The number of pyridine rings is 1. The van der Waals surface area contributed by atoms with Gasteiger partial charge in [0.05, 0.1) is 16.7 Å². The van der Waals surface area contributed by atoms with Crippen LogP contribution in [-0.4, -0.2) is 55.3 Å². The molecular formula is C20H28ClN6PtS+. The van der Waals surface area contributed by atoms with Gasteiger partial charge in [0.2, 0.25) is 0 Å². The molecule has 0 saturated heterocycles. The van der Waals surface area contributed by atoms with Crippen LogP contribution in [0.2, 0.25) is 0 Å². The third-order valence-electron chi connectivity index (χ3n) is 4.06. The zero-order valence-electron chi connectivity index (χ0n) is 16.6. The van der Waals surface area contributed by atoms with Crippen molar-refractivity contribution in [2.75, 3.05) is 45.6 Å². The Bertz CT molecular complexity index is 839. The van der Waals surface area contributed by atoms with Crippen LogP contribution < -0.4 is 22.1 Å². The molecular weight excluding hydrogens is 587 g/mol. The van der Waals surface area contributed by atoms with Crippen molar-refractivity contribution in [3.63, 3.8) is 0 Å². The Hall–Kier alpha value is -1.50. The molecule has 0 amide bonds. The van der Waals surface area contributed by atoms with E-state index in [1.54, 1.807) is 18.8 Å². The molecule has 0 aliphatic rings. The summed E-state index contributed by atoms with van der Waals surface area (Å²) >= 11 is 6.85. The fourth-order valence-electron chi connectivity index (χ4n) is 2.67. The number of nitrogens with one attached hydrogen (secondary N) is 2. The number of hydrogen-bond acceptors (Lipinski definition) is 5. The van der Waals surface area contributed by atoms with Gasteiger partial charge < -0.3 is 27.0 Å². The Morgan fingerprint density at radius 1 is 1.03 bits per heavy atom. The van der Waals surface area contributed by atoms with E-state index in [4.69, 9.17) is 28.7 Å². The van der Waals surface area contributed by atoms with Crippen LogP contribution in [0.1, 0.15) is 0 Å². The number of likely N-dealkylation sites (N-methyl/N-ethyl adjacent to an activating group) is 1. The SMILES string of the molecule is CNC(=S)N(C)CCNc1c2ccccc2nc2ccccc12.NCCN.[Cl][Pt+]. The molecule has 1 aromatic heterocycles. The molecule has 3 aromatic rings. The van der Waals surface area contributed by atoms with E-state index in [-0.39, 0.29) is 0 Å². The number of aromatic nitrogens is 1. The summed E-state index contributed by atoms with van der Waals surface area (Å²) in [5, 5.41) is 9.60. The molecule has 3 rings (SSSR count). The average Bonchev–Trinajstić information content (AvgIpc) is 2.79. The van der Waals surface area contributed by atoms with Crippen LogP contribution in [-0.2, 0) is 18.8 Å². The fourth-order valence-corrected chi connectivity index (χ4v) is 2.76. The van der Waals surface area contributed by atoms with Gasteiger partial charge in [-0.15, -0.1) is 0 Å². The molecule has 0 radical (unpaired) electrons. The van der Waals surface area contributed by atoms with Crippen LogP contribution in [0.5, 0.6) is 0 Å². The van der Waals surface area contributed by atoms with Gasteiger partial charge in [0, 0.05) is 51.0 Å². The first-order valence-corrected chi connectivity index (χ1v) is 12.3. The maximum absolute atomic E-state index is 5.24. The number of thiocarbonyl (C=S) groups is 1. The second-order valence-corrected chi connectivity index (χ2v) is 6.39. The van der Waals surface area contributed by atoms with Crippen LogP contribution in [0.4, 0.5) is 5.69 Å². The van der Waals surface area contributed by atoms with Crippen molar-refractivity contribution in [3.8, 4) is 0 Å². The van der Waals surface area contributed by atoms with E-state index < -0.39 is 0 Å². The van der Waals surface area contributed by atoms with Crippen LogP contribution in [0, 0.1) is 0 Å². The van der Waals surface area contributed by atoms with Gasteiger partial charge in [0.1, 0.15) is 0 Å². The Balaban J connectivity index is 0.000000627. The first-order valence-electron chi connectivity index (χ1n) is 9.08. The summed E-state index contributed by atoms with van der Waals surface area (Å²) in [6.45, 7) is 2.82. The van der Waals surface area contributed by atoms with Gasteiger partial charge in [-0.3, -0.25) is 0 Å². The zero-order valence-corrected chi connectivity index (χ0v) is 20.4. The minimum atomic E-state index is 0.597. The van der Waals surface area contributed by atoms with Gasteiger partial charge >= 0.3 is 28.2 Å². The predicted molar refractivity (Wildman–Crippen MR) is 126 cm³/mol. The van der Waals surface area contributed by atoms with E-state index in [9.17, 15) is 0 Å². The molecule has 0 unspecified atom stereocenters. The first kappa shape index (κ1) is 25.5. The number of rotatable bonds is 5. The van der Waals surface area contributed by atoms with Gasteiger partial charge in [-0.05, 0) is 24.4 Å². The van der Waals surface area contributed by atoms with Crippen molar-refractivity contribution in [2.45, 2.75) is 0 Å². The summed E-state index contributed by atoms with van der Waals surface area (Å²) in [6.07, 6.45) is 0. The van der Waals surface area contributed by atoms with Gasteiger partial charge in [0.15, 0.2) is 5.11 Å². The second kappa shape index (κ2) is 14.5. The summed E-state index contributed by atoms with van der Waals surface area (Å²) < 4.78 is 0. The molecule has 0 aliphatic heterocycles. The summed E-state index contributed by atoms with van der Waals surface area (Å²) in [5.41, 5.74) is 13.0. The predicted octanol–water partition coefficient (Wildman–Crippen LogP) is 2.83. The molecule has 0 saturated carbocycles. The van der Waals surface area contributed by atoms with Crippen LogP contribution in [0.15, 0.2) is 48.5 Å². The average molecular weight is 615 g/mol. The number of halogens is 1. The number of para-hydroxylation sites is 2. The zero-order chi connectivity index (χ0) is 21.6. The van der Waals surface area contributed by atoms with E-state index in [0.29, 0.717) is 13.1 Å². The molecule has 6 N–H and O–H groups in total. The Labute approximate surface area is 193 Å². The number of fused-ring (bicyclic) bond motifs is 2. The van der Waals surface area contributed by atoms with E-state index in [1.165, 1.54) is 0 Å². The van der Waals surface area contributed by atoms with E-state index in [2.05, 4.69) is 44.3 Å². The number of anilines is 1. The van der Waals surface area contributed by atoms with Gasteiger partial charge in [-0.1, -0.05) is 36.4 Å². The Morgan fingerprint density at radius 2 is 1.52 bits per heavy atom. The van der Waals surface area contributed by atoms with Crippen molar-refractivity contribution in [3.05, 3.63) is 48.5 Å². The van der Waals surface area contributed by atoms with E-state index in [0.717, 1.165) is 45.7 Å². The summed E-state index contributed by atoms with van der Waals surface area (Å²) in [6, 6.07) is 16.5. The standard InChI is InChI=1S/C18H20N4S.C2H8N2.ClH.Pt/c1-19-18(23)22(2)12-11-20-17-13-7-3-5-9-15(13)21-16-10-6-4-8-14(16)17;3-1-2-4;;/h3-10H,11-12H2,1-2H3,(H,19,23)(H,20,21);1-4H2;1H;/q;;;+2/p-1. The quantitative estimate of drug-likeness (QED) is 0.260. The molecule has 1 heterocycles.